The van der Waals surface area contributed by atoms with Crippen LogP contribution in [-0.4, -0.2) is 62.8 Å². The van der Waals surface area contributed by atoms with Gasteiger partial charge in [0.05, 0.1) is 0 Å². The number of carbonyl (C=O) groups is 1. The number of amides is 1. The normalized spacial score (nSPS) is 23.5. The molecule has 2 aliphatic heterocycles. The monoisotopic (exact) mass is 409 g/mol. The van der Waals surface area contributed by atoms with Crippen LogP contribution in [0.25, 0.3) is 0 Å². The fraction of sp³-hybridized carbons (Fsp3) is 0.812. The Bertz CT molecular complexity index is 551. The molecule has 0 saturated carbocycles. The highest BCUT2D eigenvalue weighted by molar-refractivity contribution is 7.99. The predicted octanol–water partition coefficient (Wildman–Crippen LogP) is 2.07. The summed E-state index contributed by atoms with van der Waals surface area (Å²) < 4.78 is 1.99. The molecule has 2 fully saturated rings. The quantitative estimate of drug-likeness (QED) is 0.824. The lowest BCUT2D eigenvalue weighted by atomic mass is 9.97. The van der Waals surface area contributed by atoms with Crippen molar-refractivity contribution in [3.05, 3.63) is 11.6 Å². The minimum Gasteiger partial charge on any atom is -0.342 e. The second-order valence-electron chi connectivity index (χ2n) is 6.67. The van der Waals surface area contributed by atoms with Crippen LogP contribution >= 0.6 is 36.6 Å². The number of aromatic nitrogens is 3. The molecule has 144 valence electrons. The van der Waals surface area contributed by atoms with Gasteiger partial charge in [0.15, 0.2) is 0 Å². The molecule has 0 aromatic carbocycles. The molecule has 2 atom stereocenters. The van der Waals surface area contributed by atoms with E-state index in [2.05, 4.69) is 20.3 Å². The van der Waals surface area contributed by atoms with Gasteiger partial charge in [-0.15, -0.1) is 24.8 Å². The van der Waals surface area contributed by atoms with E-state index in [0.29, 0.717) is 24.3 Å². The van der Waals surface area contributed by atoms with E-state index in [4.69, 9.17) is 0 Å². The van der Waals surface area contributed by atoms with Crippen molar-refractivity contribution in [2.75, 3.05) is 31.1 Å². The molecule has 3 rings (SSSR count). The molecule has 3 heterocycles. The number of aryl methyl sites for hydroxylation is 2. The molecule has 0 spiro atoms. The van der Waals surface area contributed by atoms with Gasteiger partial charge in [0.25, 0.3) is 0 Å². The summed E-state index contributed by atoms with van der Waals surface area (Å²) in [5.41, 5.74) is 0. The van der Waals surface area contributed by atoms with Crippen LogP contribution in [0.3, 0.4) is 0 Å². The lowest BCUT2D eigenvalue weighted by molar-refractivity contribution is -0.133. The molecular formula is C16H29Cl2N5OS. The zero-order valence-corrected chi connectivity index (χ0v) is 17.4. The lowest BCUT2D eigenvalue weighted by Crippen LogP contribution is -2.46. The van der Waals surface area contributed by atoms with Crippen LogP contribution in [0.4, 0.5) is 0 Å². The summed E-state index contributed by atoms with van der Waals surface area (Å²) in [7, 11) is 0. The van der Waals surface area contributed by atoms with Crippen molar-refractivity contribution in [3.63, 3.8) is 0 Å². The lowest BCUT2D eigenvalue weighted by Gasteiger charge is -2.34. The molecule has 9 heteroatoms. The number of carbonyl (C=O) groups excluding carboxylic acids is 1. The third kappa shape index (κ3) is 6.31. The molecule has 1 N–H and O–H groups in total. The summed E-state index contributed by atoms with van der Waals surface area (Å²) in [5.74, 6) is 4.80. The summed E-state index contributed by atoms with van der Waals surface area (Å²) in [6.45, 7) is 7.58. The second kappa shape index (κ2) is 10.6. The molecule has 25 heavy (non-hydrogen) atoms. The SMILES string of the molecule is Cc1nc(C)n(CC2CCCN(C(=O)CC3CSCCN3)C2)n1.Cl.Cl. The number of halogens is 2. The fourth-order valence-corrected chi connectivity index (χ4v) is 4.46. The van der Waals surface area contributed by atoms with Crippen LogP contribution < -0.4 is 5.32 Å². The zero-order chi connectivity index (χ0) is 16.2. The number of thioether (sulfide) groups is 1. The van der Waals surface area contributed by atoms with E-state index in [1.165, 1.54) is 6.42 Å². The zero-order valence-electron chi connectivity index (χ0n) is 14.9. The molecule has 0 aliphatic carbocycles. The van der Waals surface area contributed by atoms with Gasteiger partial charge >= 0.3 is 0 Å². The second-order valence-corrected chi connectivity index (χ2v) is 7.82. The van der Waals surface area contributed by atoms with E-state index >= 15 is 0 Å². The molecule has 2 unspecified atom stereocenters. The van der Waals surface area contributed by atoms with Crippen LogP contribution in [0.2, 0.25) is 0 Å². The van der Waals surface area contributed by atoms with Crippen LogP contribution in [0.1, 0.15) is 30.9 Å². The maximum absolute atomic E-state index is 12.6. The highest BCUT2D eigenvalue weighted by atomic mass is 35.5. The molecular weight excluding hydrogens is 381 g/mol. The summed E-state index contributed by atoms with van der Waals surface area (Å²) >= 11 is 1.95. The average Bonchev–Trinajstić information content (AvgIpc) is 2.86. The van der Waals surface area contributed by atoms with Crippen molar-refractivity contribution in [2.24, 2.45) is 5.92 Å². The molecule has 0 radical (unpaired) electrons. The van der Waals surface area contributed by atoms with Crippen molar-refractivity contribution < 1.29 is 4.79 Å². The molecule has 2 aliphatic rings. The molecule has 1 aromatic heterocycles. The van der Waals surface area contributed by atoms with Gasteiger partial charge < -0.3 is 10.2 Å². The van der Waals surface area contributed by atoms with Gasteiger partial charge in [-0.1, -0.05) is 0 Å². The summed E-state index contributed by atoms with van der Waals surface area (Å²) in [5, 5.41) is 7.92. The Labute approximate surface area is 166 Å². The number of piperidine rings is 1. The van der Waals surface area contributed by atoms with E-state index in [9.17, 15) is 4.79 Å². The van der Waals surface area contributed by atoms with Gasteiger partial charge in [0, 0.05) is 50.1 Å². The number of likely N-dealkylation sites (tertiary alicyclic amines) is 1. The van der Waals surface area contributed by atoms with Crippen molar-refractivity contribution >= 4 is 42.5 Å². The van der Waals surface area contributed by atoms with Crippen LogP contribution in [0.5, 0.6) is 0 Å². The summed E-state index contributed by atoms with van der Waals surface area (Å²) in [6.07, 6.45) is 2.90. The van der Waals surface area contributed by atoms with Crippen molar-refractivity contribution in [3.8, 4) is 0 Å². The maximum Gasteiger partial charge on any atom is 0.224 e. The molecule has 6 nitrogen and oxygen atoms in total. The number of nitrogens with zero attached hydrogens (tertiary/aromatic N) is 4. The van der Waals surface area contributed by atoms with Gasteiger partial charge in [0.1, 0.15) is 11.6 Å². The number of nitrogens with one attached hydrogen (secondary N) is 1. The highest BCUT2D eigenvalue weighted by Gasteiger charge is 2.26. The smallest absolute Gasteiger partial charge is 0.224 e. The minimum absolute atomic E-state index is 0. The van der Waals surface area contributed by atoms with Crippen molar-refractivity contribution in [2.45, 2.75) is 45.7 Å². The fourth-order valence-electron chi connectivity index (χ4n) is 3.51. The van der Waals surface area contributed by atoms with E-state index < -0.39 is 0 Å². The third-order valence-corrected chi connectivity index (χ3v) is 5.82. The van der Waals surface area contributed by atoms with Gasteiger partial charge in [-0.05, 0) is 32.6 Å². The maximum atomic E-state index is 12.6. The Morgan fingerprint density at radius 3 is 2.80 bits per heavy atom. The summed E-state index contributed by atoms with van der Waals surface area (Å²) in [4.78, 5) is 19.0. The Morgan fingerprint density at radius 2 is 2.16 bits per heavy atom. The minimum atomic E-state index is 0. The first kappa shape index (κ1) is 22.5. The Kier molecular flexibility index (Phi) is 9.56. The molecule has 0 bridgehead atoms. The molecule has 1 amide bonds. The first-order valence-electron chi connectivity index (χ1n) is 8.59. The first-order chi connectivity index (χ1) is 11.1. The van der Waals surface area contributed by atoms with Crippen molar-refractivity contribution in [1.29, 1.82) is 0 Å². The van der Waals surface area contributed by atoms with Gasteiger partial charge in [0.2, 0.25) is 5.91 Å². The first-order valence-corrected chi connectivity index (χ1v) is 9.74. The standard InChI is InChI=1S/C16H27N5OS.2ClH/c1-12-18-13(2)21(19-12)10-14-4-3-6-20(9-14)16(22)8-15-11-23-7-5-17-15;;/h14-15,17H,3-11H2,1-2H3;2*1H. The number of hydrogen-bond acceptors (Lipinski definition) is 5. The predicted molar refractivity (Wildman–Crippen MR) is 107 cm³/mol. The van der Waals surface area contributed by atoms with Gasteiger partial charge in [-0.3, -0.25) is 4.79 Å². The largest absolute Gasteiger partial charge is 0.342 e. The van der Waals surface area contributed by atoms with E-state index in [1.54, 1.807) is 0 Å². The van der Waals surface area contributed by atoms with Gasteiger partial charge in [-0.25, -0.2) is 9.67 Å². The Morgan fingerprint density at radius 1 is 1.36 bits per heavy atom. The van der Waals surface area contributed by atoms with Crippen LogP contribution in [0, 0.1) is 19.8 Å². The van der Waals surface area contributed by atoms with E-state index in [1.807, 2.05) is 30.3 Å². The third-order valence-electron chi connectivity index (χ3n) is 4.68. The van der Waals surface area contributed by atoms with Gasteiger partial charge in [-0.2, -0.15) is 16.9 Å². The number of rotatable bonds is 4. The summed E-state index contributed by atoms with van der Waals surface area (Å²) in [6, 6.07) is 0.349. The van der Waals surface area contributed by atoms with Crippen molar-refractivity contribution in [1.82, 2.24) is 25.0 Å². The Hall–Kier alpha value is -0.500. The van der Waals surface area contributed by atoms with Crippen LogP contribution in [-0.2, 0) is 11.3 Å². The number of hydrogen-bond donors (Lipinski definition) is 1. The highest BCUT2D eigenvalue weighted by Crippen LogP contribution is 2.20. The Balaban J connectivity index is 0.00000156. The molecule has 1 aromatic rings. The topological polar surface area (TPSA) is 63.1 Å². The van der Waals surface area contributed by atoms with Crippen LogP contribution in [0.15, 0.2) is 0 Å². The van der Waals surface area contributed by atoms with E-state index in [0.717, 1.165) is 55.8 Å². The van der Waals surface area contributed by atoms with E-state index in [-0.39, 0.29) is 24.8 Å². The molecule has 2 saturated heterocycles. The average molecular weight is 410 g/mol.